The Morgan fingerprint density at radius 2 is 1.66 bits per heavy atom. The lowest BCUT2D eigenvalue weighted by Gasteiger charge is -2.20. The second-order valence-corrected chi connectivity index (χ2v) is 7.50. The molecule has 0 bridgehead atoms. The van der Waals surface area contributed by atoms with Crippen LogP contribution in [0.4, 0.5) is 0 Å². The SMILES string of the molecule is N[C@@H](CNC(=O)CCCCCCC(=O)OCc1ccccc1)C(=O)N1CCCC1. The molecule has 2 amide bonds. The average Bonchev–Trinajstić information content (AvgIpc) is 3.28. The minimum atomic E-state index is -0.668. The zero-order valence-electron chi connectivity index (χ0n) is 17.1. The number of carbonyl (C=O) groups excluding carboxylic acids is 3. The normalized spacial score (nSPS) is 14.4. The van der Waals surface area contributed by atoms with Crippen LogP contribution in [0.15, 0.2) is 30.3 Å². The lowest BCUT2D eigenvalue weighted by Crippen LogP contribution is -2.48. The van der Waals surface area contributed by atoms with E-state index in [0.717, 1.165) is 57.2 Å². The number of hydrogen-bond donors (Lipinski definition) is 2. The molecule has 1 heterocycles. The van der Waals surface area contributed by atoms with Crippen molar-refractivity contribution in [2.75, 3.05) is 19.6 Å². The smallest absolute Gasteiger partial charge is 0.306 e. The highest BCUT2D eigenvalue weighted by atomic mass is 16.5. The number of rotatable bonds is 12. The summed E-state index contributed by atoms with van der Waals surface area (Å²) in [6.07, 6.45) is 6.10. The van der Waals surface area contributed by atoms with Crippen LogP contribution in [0, 0.1) is 0 Å². The third kappa shape index (κ3) is 9.09. The maximum atomic E-state index is 12.1. The lowest BCUT2D eigenvalue weighted by molar-refractivity contribution is -0.145. The van der Waals surface area contributed by atoms with Gasteiger partial charge in [-0.15, -0.1) is 0 Å². The summed E-state index contributed by atoms with van der Waals surface area (Å²) in [5, 5.41) is 2.74. The molecule has 1 aliphatic rings. The fraction of sp³-hybridized carbons (Fsp3) is 0.591. The molecule has 1 saturated heterocycles. The van der Waals surface area contributed by atoms with E-state index in [0.29, 0.717) is 19.4 Å². The maximum Gasteiger partial charge on any atom is 0.306 e. The van der Waals surface area contributed by atoms with Crippen molar-refractivity contribution in [2.45, 2.75) is 64.0 Å². The molecule has 29 heavy (non-hydrogen) atoms. The van der Waals surface area contributed by atoms with Gasteiger partial charge in [-0.1, -0.05) is 43.2 Å². The number of benzene rings is 1. The van der Waals surface area contributed by atoms with Gasteiger partial charge in [0.2, 0.25) is 11.8 Å². The molecule has 7 heteroatoms. The van der Waals surface area contributed by atoms with E-state index in [1.807, 2.05) is 30.3 Å². The van der Waals surface area contributed by atoms with E-state index in [1.54, 1.807) is 4.90 Å². The number of nitrogens with zero attached hydrogens (tertiary/aromatic N) is 1. The fourth-order valence-corrected chi connectivity index (χ4v) is 3.29. The van der Waals surface area contributed by atoms with Crippen LogP contribution in [0.25, 0.3) is 0 Å². The zero-order valence-corrected chi connectivity index (χ0v) is 17.1. The second kappa shape index (κ2) is 12.9. The van der Waals surface area contributed by atoms with Crippen molar-refractivity contribution < 1.29 is 19.1 Å². The van der Waals surface area contributed by atoms with E-state index < -0.39 is 6.04 Å². The molecular formula is C22H33N3O4. The Hall–Kier alpha value is -2.41. The molecule has 1 aromatic rings. The Morgan fingerprint density at radius 3 is 2.34 bits per heavy atom. The van der Waals surface area contributed by atoms with Gasteiger partial charge < -0.3 is 20.7 Å². The van der Waals surface area contributed by atoms with Crippen molar-refractivity contribution in [3.8, 4) is 0 Å². The third-order valence-electron chi connectivity index (χ3n) is 5.03. The number of amides is 2. The van der Waals surface area contributed by atoms with E-state index in [2.05, 4.69) is 5.32 Å². The minimum absolute atomic E-state index is 0.0815. The van der Waals surface area contributed by atoms with E-state index >= 15 is 0 Å². The fourth-order valence-electron chi connectivity index (χ4n) is 3.29. The molecule has 0 radical (unpaired) electrons. The Kier molecular flexibility index (Phi) is 10.2. The van der Waals surface area contributed by atoms with E-state index in [-0.39, 0.29) is 24.3 Å². The van der Waals surface area contributed by atoms with Crippen LogP contribution in [-0.4, -0.2) is 48.4 Å². The van der Waals surface area contributed by atoms with Crippen LogP contribution >= 0.6 is 0 Å². The first-order chi connectivity index (χ1) is 14.1. The van der Waals surface area contributed by atoms with Gasteiger partial charge in [-0.2, -0.15) is 0 Å². The van der Waals surface area contributed by atoms with Crippen LogP contribution in [-0.2, 0) is 25.7 Å². The number of ether oxygens (including phenoxy) is 1. The summed E-state index contributed by atoms with van der Waals surface area (Å²) in [6, 6.07) is 8.94. The molecule has 160 valence electrons. The van der Waals surface area contributed by atoms with E-state index in [1.165, 1.54) is 0 Å². The van der Waals surface area contributed by atoms with Gasteiger partial charge in [-0.25, -0.2) is 0 Å². The van der Waals surface area contributed by atoms with Crippen molar-refractivity contribution in [1.29, 1.82) is 0 Å². The molecule has 1 fully saturated rings. The molecule has 0 saturated carbocycles. The zero-order chi connectivity index (χ0) is 20.9. The summed E-state index contributed by atoms with van der Waals surface area (Å²) in [5.41, 5.74) is 6.86. The number of carbonyl (C=O) groups is 3. The minimum Gasteiger partial charge on any atom is -0.461 e. The first-order valence-electron chi connectivity index (χ1n) is 10.6. The predicted molar refractivity (Wildman–Crippen MR) is 111 cm³/mol. The van der Waals surface area contributed by atoms with Gasteiger partial charge in [0.15, 0.2) is 0 Å². The molecule has 0 aliphatic carbocycles. The lowest BCUT2D eigenvalue weighted by atomic mass is 10.1. The van der Waals surface area contributed by atoms with Gasteiger partial charge >= 0.3 is 5.97 Å². The number of unbranched alkanes of at least 4 members (excludes halogenated alkanes) is 3. The Bertz CT molecular complexity index is 645. The number of esters is 1. The first-order valence-corrected chi connectivity index (χ1v) is 10.6. The van der Waals surface area contributed by atoms with Crippen LogP contribution < -0.4 is 11.1 Å². The number of hydrogen-bond acceptors (Lipinski definition) is 5. The maximum absolute atomic E-state index is 12.1. The molecule has 1 atom stereocenters. The monoisotopic (exact) mass is 403 g/mol. The summed E-state index contributed by atoms with van der Waals surface area (Å²) in [6.45, 7) is 2.02. The van der Waals surface area contributed by atoms with E-state index in [4.69, 9.17) is 10.5 Å². The third-order valence-corrected chi connectivity index (χ3v) is 5.03. The Balaban J connectivity index is 1.44. The molecule has 0 unspecified atom stereocenters. The van der Waals surface area contributed by atoms with Crippen LogP contribution in [0.3, 0.4) is 0 Å². The first kappa shape index (κ1) is 22.9. The molecule has 2 rings (SSSR count). The number of likely N-dealkylation sites (tertiary alicyclic amines) is 1. The van der Waals surface area contributed by atoms with Crippen LogP contribution in [0.2, 0.25) is 0 Å². The van der Waals surface area contributed by atoms with Crippen molar-refractivity contribution in [2.24, 2.45) is 5.73 Å². The van der Waals surface area contributed by atoms with Crippen LogP contribution in [0.5, 0.6) is 0 Å². The highest BCUT2D eigenvalue weighted by molar-refractivity contribution is 5.83. The average molecular weight is 404 g/mol. The van der Waals surface area contributed by atoms with Crippen molar-refractivity contribution in [1.82, 2.24) is 10.2 Å². The van der Waals surface area contributed by atoms with E-state index in [9.17, 15) is 14.4 Å². The topological polar surface area (TPSA) is 102 Å². The molecule has 0 aromatic heterocycles. The summed E-state index contributed by atoms with van der Waals surface area (Å²) in [7, 11) is 0. The summed E-state index contributed by atoms with van der Waals surface area (Å²) >= 11 is 0. The van der Waals surface area contributed by atoms with Gasteiger partial charge in [-0.3, -0.25) is 14.4 Å². The number of nitrogens with two attached hydrogens (primary N) is 1. The summed E-state index contributed by atoms with van der Waals surface area (Å²) < 4.78 is 5.24. The number of nitrogens with one attached hydrogen (secondary N) is 1. The summed E-state index contributed by atoms with van der Waals surface area (Å²) in [5.74, 6) is -0.359. The van der Waals surface area contributed by atoms with Gasteiger partial charge in [-0.05, 0) is 31.2 Å². The van der Waals surface area contributed by atoms with Gasteiger partial charge in [0.1, 0.15) is 12.6 Å². The summed E-state index contributed by atoms with van der Waals surface area (Å²) in [4.78, 5) is 37.5. The van der Waals surface area contributed by atoms with Gasteiger partial charge in [0.05, 0.1) is 0 Å². The highest BCUT2D eigenvalue weighted by Crippen LogP contribution is 2.09. The predicted octanol–water partition coefficient (Wildman–Crippen LogP) is 2.14. The van der Waals surface area contributed by atoms with Crippen molar-refractivity contribution in [3.63, 3.8) is 0 Å². The van der Waals surface area contributed by atoms with Crippen LogP contribution in [0.1, 0.15) is 56.9 Å². The molecule has 0 spiro atoms. The second-order valence-electron chi connectivity index (χ2n) is 7.50. The Morgan fingerprint density at radius 1 is 1.00 bits per heavy atom. The Labute approximate surface area is 173 Å². The van der Waals surface area contributed by atoms with Crippen molar-refractivity contribution >= 4 is 17.8 Å². The van der Waals surface area contributed by atoms with Crippen molar-refractivity contribution in [3.05, 3.63) is 35.9 Å². The van der Waals surface area contributed by atoms with Gasteiger partial charge in [0.25, 0.3) is 0 Å². The molecule has 1 aromatic carbocycles. The standard InChI is InChI=1S/C22H33N3O4/c23-19(22(28)25-14-8-9-15-25)16-24-20(26)12-6-1-2-7-13-21(27)29-17-18-10-4-3-5-11-18/h3-5,10-11,19H,1-2,6-9,12-17,23H2,(H,24,26)/t19-/m0/s1. The molecule has 7 nitrogen and oxygen atoms in total. The quantitative estimate of drug-likeness (QED) is 0.411. The largest absolute Gasteiger partial charge is 0.461 e. The van der Waals surface area contributed by atoms with Gasteiger partial charge in [0, 0.05) is 32.5 Å². The highest BCUT2D eigenvalue weighted by Gasteiger charge is 2.23. The molecular weight excluding hydrogens is 370 g/mol. The molecule has 1 aliphatic heterocycles. The molecule has 3 N–H and O–H groups in total.